The number of carbonyl (C=O) groups is 2. The van der Waals surface area contributed by atoms with Crippen molar-refractivity contribution in [2.75, 3.05) is 25.6 Å². The van der Waals surface area contributed by atoms with Crippen LogP contribution in [0.1, 0.15) is 25.7 Å². The SMILES string of the molecule is CSCCN(C)C(=O)NC1(C(=O)O)CCCC1. The molecule has 0 aromatic heterocycles. The van der Waals surface area contributed by atoms with E-state index in [9.17, 15) is 14.7 Å². The Bertz CT molecular complexity index is 290. The van der Waals surface area contributed by atoms with E-state index < -0.39 is 11.5 Å². The van der Waals surface area contributed by atoms with Gasteiger partial charge in [0.1, 0.15) is 5.54 Å². The first-order chi connectivity index (χ1) is 8.02. The Morgan fingerprint density at radius 3 is 2.47 bits per heavy atom. The van der Waals surface area contributed by atoms with Crippen LogP contribution in [0, 0.1) is 0 Å². The molecule has 2 amide bonds. The summed E-state index contributed by atoms with van der Waals surface area (Å²) in [6.07, 6.45) is 4.76. The molecule has 1 aliphatic rings. The van der Waals surface area contributed by atoms with Gasteiger partial charge >= 0.3 is 12.0 Å². The number of nitrogens with zero attached hydrogens (tertiary/aromatic N) is 1. The number of carboxylic acids is 1. The van der Waals surface area contributed by atoms with E-state index in [0.717, 1.165) is 18.6 Å². The van der Waals surface area contributed by atoms with E-state index in [-0.39, 0.29) is 6.03 Å². The number of hydrogen-bond acceptors (Lipinski definition) is 3. The second-order valence-electron chi connectivity index (χ2n) is 4.44. The maximum absolute atomic E-state index is 11.9. The third kappa shape index (κ3) is 3.52. The number of rotatable bonds is 5. The lowest BCUT2D eigenvalue weighted by Crippen LogP contribution is -2.56. The number of hydrogen-bond donors (Lipinski definition) is 2. The molecule has 0 unspecified atom stereocenters. The smallest absolute Gasteiger partial charge is 0.329 e. The molecule has 1 saturated carbocycles. The summed E-state index contributed by atoms with van der Waals surface area (Å²) >= 11 is 1.66. The lowest BCUT2D eigenvalue weighted by molar-refractivity contribution is -0.144. The summed E-state index contributed by atoms with van der Waals surface area (Å²) in [6.45, 7) is 0.628. The first kappa shape index (κ1) is 14.2. The van der Waals surface area contributed by atoms with E-state index in [4.69, 9.17) is 0 Å². The monoisotopic (exact) mass is 260 g/mol. The average molecular weight is 260 g/mol. The van der Waals surface area contributed by atoms with Gasteiger partial charge in [-0.2, -0.15) is 11.8 Å². The lowest BCUT2D eigenvalue weighted by Gasteiger charge is -2.28. The van der Waals surface area contributed by atoms with Gasteiger partial charge in [-0.05, 0) is 19.1 Å². The zero-order valence-electron chi connectivity index (χ0n) is 10.4. The number of thioether (sulfide) groups is 1. The molecule has 0 radical (unpaired) electrons. The highest BCUT2D eigenvalue weighted by Crippen LogP contribution is 2.30. The average Bonchev–Trinajstić information content (AvgIpc) is 2.75. The van der Waals surface area contributed by atoms with Crippen molar-refractivity contribution in [2.24, 2.45) is 0 Å². The third-order valence-electron chi connectivity index (χ3n) is 3.19. The van der Waals surface area contributed by atoms with Crippen molar-refractivity contribution >= 4 is 23.8 Å². The molecule has 5 nitrogen and oxygen atoms in total. The van der Waals surface area contributed by atoms with Crippen LogP contribution in [-0.4, -0.2) is 53.1 Å². The molecular weight excluding hydrogens is 240 g/mol. The first-order valence-corrected chi connectivity index (χ1v) is 7.17. The number of carbonyl (C=O) groups excluding carboxylic acids is 1. The Morgan fingerprint density at radius 2 is 2.00 bits per heavy atom. The zero-order chi connectivity index (χ0) is 12.9. The van der Waals surface area contributed by atoms with Crippen LogP contribution >= 0.6 is 11.8 Å². The Hall–Kier alpha value is -0.910. The van der Waals surface area contributed by atoms with E-state index in [1.807, 2.05) is 6.26 Å². The van der Waals surface area contributed by atoms with Gasteiger partial charge in [0.25, 0.3) is 0 Å². The van der Waals surface area contributed by atoms with Crippen LogP contribution in [0.2, 0.25) is 0 Å². The predicted octanol–water partition coefficient (Wildman–Crippen LogP) is 1.39. The van der Waals surface area contributed by atoms with Crippen molar-refractivity contribution in [3.63, 3.8) is 0 Å². The Labute approximate surface area is 106 Å². The van der Waals surface area contributed by atoms with Gasteiger partial charge in [-0.15, -0.1) is 0 Å². The molecule has 0 aromatic rings. The molecule has 0 atom stereocenters. The molecule has 0 saturated heterocycles. The molecule has 0 aromatic carbocycles. The van der Waals surface area contributed by atoms with Gasteiger partial charge < -0.3 is 15.3 Å². The molecule has 0 aliphatic heterocycles. The van der Waals surface area contributed by atoms with Gasteiger partial charge in [0, 0.05) is 19.3 Å². The molecule has 98 valence electrons. The topological polar surface area (TPSA) is 69.6 Å². The minimum Gasteiger partial charge on any atom is -0.480 e. The molecule has 0 spiro atoms. The molecule has 0 heterocycles. The minimum absolute atomic E-state index is 0.289. The number of carboxylic acid groups (broad SMARTS) is 1. The molecule has 1 fully saturated rings. The van der Waals surface area contributed by atoms with Crippen LogP contribution in [0.4, 0.5) is 4.79 Å². The molecule has 1 rings (SSSR count). The minimum atomic E-state index is -1.04. The van der Waals surface area contributed by atoms with Crippen molar-refractivity contribution in [3.8, 4) is 0 Å². The Balaban J connectivity index is 2.56. The van der Waals surface area contributed by atoms with Crippen molar-refractivity contribution in [1.29, 1.82) is 0 Å². The second kappa shape index (κ2) is 6.14. The maximum atomic E-state index is 11.9. The van der Waals surface area contributed by atoms with E-state index in [2.05, 4.69) is 5.32 Å². The van der Waals surface area contributed by atoms with E-state index >= 15 is 0 Å². The largest absolute Gasteiger partial charge is 0.480 e. The van der Waals surface area contributed by atoms with Crippen LogP contribution in [0.3, 0.4) is 0 Å². The molecule has 2 N–H and O–H groups in total. The normalized spacial score (nSPS) is 17.8. The second-order valence-corrected chi connectivity index (χ2v) is 5.42. The highest BCUT2D eigenvalue weighted by Gasteiger charge is 2.43. The van der Waals surface area contributed by atoms with E-state index in [1.165, 1.54) is 0 Å². The third-order valence-corrected chi connectivity index (χ3v) is 3.78. The Kier molecular flexibility index (Phi) is 5.11. The summed E-state index contributed by atoms with van der Waals surface area (Å²) in [6, 6.07) is -0.289. The predicted molar refractivity (Wildman–Crippen MR) is 68.4 cm³/mol. The fraction of sp³-hybridized carbons (Fsp3) is 0.818. The molecule has 6 heteroatoms. The quantitative estimate of drug-likeness (QED) is 0.783. The fourth-order valence-electron chi connectivity index (χ4n) is 2.00. The summed E-state index contributed by atoms with van der Waals surface area (Å²) in [5.74, 6) is -0.0640. The van der Waals surface area contributed by atoms with Crippen LogP contribution < -0.4 is 5.32 Å². The van der Waals surface area contributed by atoms with Crippen LogP contribution in [0.15, 0.2) is 0 Å². The lowest BCUT2D eigenvalue weighted by atomic mass is 9.98. The number of urea groups is 1. The number of nitrogens with one attached hydrogen (secondary N) is 1. The fourth-order valence-corrected chi connectivity index (χ4v) is 2.46. The summed E-state index contributed by atoms with van der Waals surface area (Å²) in [7, 11) is 1.69. The van der Waals surface area contributed by atoms with Gasteiger partial charge in [0.05, 0.1) is 0 Å². The first-order valence-electron chi connectivity index (χ1n) is 5.77. The van der Waals surface area contributed by atoms with Gasteiger partial charge in [-0.1, -0.05) is 12.8 Å². The van der Waals surface area contributed by atoms with Crippen LogP contribution in [-0.2, 0) is 4.79 Å². The summed E-state index contributed by atoms with van der Waals surface area (Å²) in [5, 5.41) is 11.9. The molecule has 0 bridgehead atoms. The summed E-state index contributed by atoms with van der Waals surface area (Å²) in [5.41, 5.74) is -1.04. The highest BCUT2D eigenvalue weighted by molar-refractivity contribution is 7.98. The van der Waals surface area contributed by atoms with Crippen molar-refractivity contribution < 1.29 is 14.7 Å². The standard InChI is InChI=1S/C11H20N2O3S/c1-13(7-8-17-2)10(16)12-11(9(14)15)5-3-4-6-11/h3-8H2,1-2H3,(H,12,16)(H,14,15). The molecular formula is C11H20N2O3S. The van der Waals surface area contributed by atoms with Crippen molar-refractivity contribution in [3.05, 3.63) is 0 Å². The summed E-state index contributed by atoms with van der Waals surface area (Å²) < 4.78 is 0. The van der Waals surface area contributed by atoms with E-state index in [1.54, 1.807) is 23.7 Å². The molecule has 1 aliphatic carbocycles. The number of amides is 2. The van der Waals surface area contributed by atoms with Gasteiger partial charge in [-0.25, -0.2) is 9.59 Å². The van der Waals surface area contributed by atoms with E-state index in [0.29, 0.717) is 19.4 Å². The van der Waals surface area contributed by atoms with Gasteiger partial charge in [0.2, 0.25) is 0 Å². The van der Waals surface area contributed by atoms with Gasteiger partial charge in [-0.3, -0.25) is 0 Å². The maximum Gasteiger partial charge on any atom is 0.329 e. The van der Waals surface area contributed by atoms with Crippen LogP contribution in [0.25, 0.3) is 0 Å². The molecule has 17 heavy (non-hydrogen) atoms. The van der Waals surface area contributed by atoms with Crippen molar-refractivity contribution in [2.45, 2.75) is 31.2 Å². The number of aliphatic carboxylic acids is 1. The summed E-state index contributed by atoms with van der Waals surface area (Å²) in [4.78, 5) is 24.7. The zero-order valence-corrected chi connectivity index (χ0v) is 11.2. The Morgan fingerprint density at radius 1 is 1.41 bits per heavy atom. The van der Waals surface area contributed by atoms with Crippen LogP contribution in [0.5, 0.6) is 0 Å². The van der Waals surface area contributed by atoms with Gasteiger partial charge in [0.15, 0.2) is 0 Å². The highest BCUT2D eigenvalue weighted by atomic mass is 32.2. The van der Waals surface area contributed by atoms with Crippen molar-refractivity contribution in [1.82, 2.24) is 10.2 Å².